The topological polar surface area (TPSA) is 0 Å². The molecule has 0 amide bonds. The van der Waals surface area contributed by atoms with Crippen molar-refractivity contribution in [1.29, 1.82) is 0 Å². The number of allylic oxidation sites excluding steroid dienone is 2. The fraction of sp³-hybridized carbons (Fsp3) is 0.680. The molecule has 138 valence electrons. The van der Waals surface area contributed by atoms with E-state index in [4.69, 9.17) is 0 Å². The monoisotopic (exact) mass is 338 g/mol. The highest BCUT2D eigenvalue weighted by molar-refractivity contribution is 5.66. The summed E-state index contributed by atoms with van der Waals surface area (Å²) in [7, 11) is 0. The van der Waals surface area contributed by atoms with Gasteiger partial charge >= 0.3 is 0 Å². The van der Waals surface area contributed by atoms with Gasteiger partial charge in [-0.1, -0.05) is 76.3 Å². The highest BCUT2D eigenvalue weighted by atomic mass is 14.3. The lowest BCUT2D eigenvalue weighted by atomic mass is 9.76. The van der Waals surface area contributed by atoms with Crippen molar-refractivity contribution in [3.8, 4) is 0 Å². The first-order valence-corrected chi connectivity index (χ1v) is 11.1. The normalized spacial score (nSPS) is 27.1. The molecule has 1 fully saturated rings. The third-order valence-corrected chi connectivity index (χ3v) is 6.91. The zero-order chi connectivity index (χ0) is 17.5. The first-order valence-electron chi connectivity index (χ1n) is 11.1. The average Bonchev–Trinajstić information content (AvgIpc) is 2.69. The molecule has 0 aromatic heterocycles. The van der Waals surface area contributed by atoms with Gasteiger partial charge in [-0.05, 0) is 79.4 Å². The van der Waals surface area contributed by atoms with E-state index in [0.717, 1.165) is 17.8 Å². The largest absolute Gasteiger partial charge is 0.0804 e. The molecule has 1 unspecified atom stereocenters. The molecule has 2 aliphatic rings. The Morgan fingerprint density at radius 3 is 2.20 bits per heavy atom. The van der Waals surface area contributed by atoms with E-state index in [1.807, 2.05) is 0 Å². The van der Waals surface area contributed by atoms with Gasteiger partial charge in [0.25, 0.3) is 0 Å². The molecule has 0 aliphatic heterocycles. The maximum atomic E-state index is 2.51. The molecular weight excluding hydrogens is 300 g/mol. The second kappa shape index (κ2) is 9.60. The van der Waals surface area contributed by atoms with Crippen molar-refractivity contribution in [1.82, 2.24) is 0 Å². The van der Waals surface area contributed by atoms with E-state index >= 15 is 0 Å². The second-order valence-corrected chi connectivity index (χ2v) is 8.61. The molecule has 0 saturated heterocycles. The highest BCUT2D eigenvalue weighted by Crippen LogP contribution is 2.38. The maximum Gasteiger partial charge on any atom is -0.0162 e. The van der Waals surface area contributed by atoms with Crippen LogP contribution in [0.1, 0.15) is 108 Å². The predicted octanol–water partition coefficient (Wildman–Crippen LogP) is 8.13. The number of unbranched alkanes of at least 4 members (excludes halogenated alkanes) is 2. The fourth-order valence-corrected chi connectivity index (χ4v) is 4.96. The van der Waals surface area contributed by atoms with Crippen LogP contribution in [0.25, 0.3) is 5.57 Å². The van der Waals surface area contributed by atoms with Crippen LogP contribution in [-0.2, 0) is 0 Å². The quantitative estimate of drug-likeness (QED) is 0.440. The molecule has 0 heteroatoms. The van der Waals surface area contributed by atoms with Crippen molar-refractivity contribution < 1.29 is 0 Å². The molecule has 2 aliphatic carbocycles. The summed E-state index contributed by atoms with van der Waals surface area (Å²) in [5.41, 5.74) is 4.67. The summed E-state index contributed by atoms with van der Waals surface area (Å²) in [6.07, 6.45) is 19.3. The Labute approximate surface area is 156 Å². The van der Waals surface area contributed by atoms with E-state index in [1.165, 1.54) is 82.6 Å². The van der Waals surface area contributed by atoms with E-state index in [9.17, 15) is 0 Å². The first kappa shape index (κ1) is 18.7. The standard InChI is InChI=1S/C25H38/c1-3-5-6-7-21-10-14-23(15-11-21)25-18-16-24(17-19-25)22-12-8-20(4-2)9-13-22/h12,16-21,23H,3-11,13-15H2,1-2H3. The molecule has 1 aromatic rings. The molecular formula is C25H38. The Morgan fingerprint density at radius 2 is 1.60 bits per heavy atom. The minimum absolute atomic E-state index is 0.821. The average molecular weight is 339 g/mol. The van der Waals surface area contributed by atoms with Crippen molar-refractivity contribution in [2.45, 2.75) is 96.8 Å². The molecule has 3 rings (SSSR count). The van der Waals surface area contributed by atoms with Gasteiger partial charge in [0.05, 0.1) is 0 Å². The lowest BCUT2D eigenvalue weighted by molar-refractivity contribution is 0.303. The van der Waals surface area contributed by atoms with Crippen molar-refractivity contribution in [2.24, 2.45) is 11.8 Å². The van der Waals surface area contributed by atoms with Gasteiger partial charge in [0.2, 0.25) is 0 Å². The molecule has 1 saturated carbocycles. The lowest BCUT2D eigenvalue weighted by Gasteiger charge is -2.29. The molecule has 0 bridgehead atoms. The number of benzene rings is 1. The van der Waals surface area contributed by atoms with E-state index in [0.29, 0.717) is 0 Å². The van der Waals surface area contributed by atoms with Gasteiger partial charge in [0.1, 0.15) is 0 Å². The summed E-state index contributed by atoms with van der Waals surface area (Å²) in [6.45, 7) is 4.64. The minimum Gasteiger partial charge on any atom is -0.0804 e. The Morgan fingerprint density at radius 1 is 0.840 bits per heavy atom. The molecule has 1 aromatic carbocycles. The summed E-state index contributed by atoms with van der Waals surface area (Å²) in [5.74, 6) is 2.76. The van der Waals surface area contributed by atoms with Gasteiger partial charge in [-0.2, -0.15) is 0 Å². The van der Waals surface area contributed by atoms with Crippen LogP contribution in [0.2, 0.25) is 0 Å². The van der Waals surface area contributed by atoms with Gasteiger partial charge in [0.15, 0.2) is 0 Å². The fourth-order valence-electron chi connectivity index (χ4n) is 4.96. The number of rotatable bonds is 7. The lowest BCUT2D eigenvalue weighted by Crippen LogP contribution is -2.13. The van der Waals surface area contributed by atoms with Crippen molar-refractivity contribution in [3.05, 3.63) is 41.5 Å². The van der Waals surface area contributed by atoms with Crippen LogP contribution in [0.3, 0.4) is 0 Å². The summed E-state index contributed by atoms with van der Waals surface area (Å²) >= 11 is 0. The summed E-state index contributed by atoms with van der Waals surface area (Å²) in [6, 6.07) is 9.68. The Bertz CT molecular complexity index is 528. The molecule has 25 heavy (non-hydrogen) atoms. The van der Waals surface area contributed by atoms with Crippen LogP contribution in [-0.4, -0.2) is 0 Å². The Kier molecular flexibility index (Phi) is 7.20. The van der Waals surface area contributed by atoms with Crippen LogP contribution < -0.4 is 0 Å². The van der Waals surface area contributed by atoms with Gasteiger partial charge in [0, 0.05) is 0 Å². The SMILES string of the molecule is CCCCCC1CCC(c2ccc(C3=CCC(CC)CC3)cc2)CC1. The highest BCUT2D eigenvalue weighted by Gasteiger charge is 2.22. The van der Waals surface area contributed by atoms with Gasteiger partial charge in [-0.25, -0.2) is 0 Å². The van der Waals surface area contributed by atoms with Gasteiger partial charge < -0.3 is 0 Å². The first-order chi connectivity index (χ1) is 12.3. The van der Waals surface area contributed by atoms with Crippen molar-refractivity contribution in [2.75, 3.05) is 0 Å². The summed E-state index contributed by atoms with van der Waals surface area (Å²) < 4.78 is 0. The van der Waals surface area contributed by atoms with Crippen LogP contribution >= 0.6 is 0 Å². The minimum atomic E-state index is 0.821. The van der Waals surface area contributed by atoms with E-state index in [-0.39, 0.29) is 0 Å². The van der Waals surface area contributed by atoms with Crippen LogP contribution in [0.15, 0.2) is 30.3 Å². The molecule has 0 N–H and O–H groups in total. The third kappa shape index (κ3) is 5.22. The Balaban J connectivity index is 1.51. The molecule has 0 heterocycles. The van der Waals surface area contributed by atoms with Crippen molar-refractivity contribution >= 4 is 5.57 Å². The van der Waals surface area contributed by atoms with Crippen LogP contribution in [0.5, 0.6) is 0 Å². The van der Waals surface area contributed by atoms with Gasteiger partial charge in [-0.3, -0.25) is 0 Å². The molecule has 0 nitrogen and oxygen atoms in total. The number of hydrogen-bond donors (Lipinski definition) is 0. The Hall–Kier alpha value is -1.04. The van der Waals surface area contributed by atoms with Crippen LogP contribution in [0, 0.1) is 11.8 Å². The molecule has 1 atom stereocenters. The van der Waals surface area contributed by atoms with E-state index in [1.54, 1.807) is 11.1 Å². The van der Waals surface area contributed by atoms with Gasteiger partial charge in [-0.15, -0.1) is 0 Å². The zero-order valence-electron chi connectivity index (χ0n) is 16.6. The predicted molar refractivity (Wildman–Crippen MR) is 111 cm³/mol. The van der Waals surface area contributed by atoms with Crippen molar-refractivity contribution in [3.63, 3.8) is 0 Å². The molecule has 0 spiro atoms. The third-order valence-electron chi connectivity index (χ3n) is 6.91. The second-order valence-electron chi connectivity index (χ2n) is 8.61. The summed E-state index contributed by atoms with van der Waals surface area (Å²) in [4.78, 5) is 0. The van der Waals surface area contributed by atoms with E-state index < -0.39 is 0 Å². The van der Waals surface area contributed by atoms with E-state index in [2.05, 4.69) is 44.2 Å². The maximum absolute atomic E-state index is 2.51. The smallest absolute Gasteiger partial charge is 0.0162 e. The van der Waals surface area contributed by atoms with Crippen LogP contribution in [0.4, 0.5) is 0 Å². The molecule has 0 radical (unpaired) electrons. The number of hydrogen-bond acceptors (Lipinski definition) is 0. The summed E-state index contributed by atoms with van der Waals surface area (Å²) in [5, 5.41) is 0. The zero-order valence-corrected chi connectivity index (χ0v) is 16.6.